The summed E-state index contributed by atoms with van der Waals surface area (Å²) in [5, 5.41) is 0. The van der Waals surface area contributed by atoms with Gasteiger partial charge in [-0.15, -0.1) is 11.3 Å². The van der Waals surface area contributed by atoms with Crippen LogP contribution in [0.15, 0.2) is 12.1 Å². The Labute approximate surface area is 136 Å². The van der Waals surface area contributed by atoms with Crippen LogP contribution in [0, 0.1) is 12.3 Å². The van der Waals surface area contributed by atoms with Gasteiger partial charge >= 0.3 is 0 Å². The first-order valence-electron chi connectivity index (χ1n) is 8.17. The van der Waals surface area contributed by atoms with Crippen LogP contribution in [0.4, 0.5) is 0 Å². The summed E-state index contributed by atoms with van der Waals surface area (Å²) < 4.78 is 11.4. The van der Waals surface area contributed by atoms with E-state index < -0.39 is 0 Å². The largest absolute Gasteiger partial charge is 0.379 e. The van der Waals surface area contributed by atoms with Gasteiger partial charge in [-0.05, 0) is 50.7 Å². The van der Waals surface area contributed by atoms with Gasteiger partial charge in [0.1, 0.15) is 0 Å². The highest BCUT2D eigenvalue weighted by atomic mass is 32.1. The number of ether oxygens (including phenoxy) is 2. The lowest BCUT2D eigenvalue weighted by Crippen LogP contribution is -2.43. The molecule has 0 radical (unpaired) electrons. The van der Waals surface area contributed by atoms with Gasteiger partial charge in [-0.25, -0.2) is 0 Å². The number of thiophene rings is 1. The predicted molar refractivity (Wildman–Crippen MR) is 87.5 cm³/mol. The number of carbonyl (C=O) groups excluding carboxylic acids is 1. The molecule has 22 heavy (non-hydrogen) atoms. The van der Waals surface area contributed by atoms with E-state index in [4.69, 9.17) is 9.47 Å². The van der Waals surface area contributed by atoms with E-state index in [0.717, 1.165) is 50.4 Å². The Morgan fingerprint density at radius 1 is 1.45 bits per heavy atom. The molecule has 1 spiro atoms. The van der Waals surface area contributed by atoms with Gasteiger partial charge in [0.2, 0.25) is 0 Å². The fourth-order valence-corrected chi connectivity index (χ4v) is 4.33. The maximum atomic E-state index is 12.5. The number of amides is 1. The number of rotatable bonds is 4. The Hall–Kier alpha value is -0.910. The molecule has 0 aromatic carbocycles. The Balaban J connectivity index is 1.53. The van der Waals surface area contributed by atoms with E-state index >= 15 is 0 Å². The molecule has 1 aromatic heterocycles. The molecule has 1 unspecified atom stereocenters. The molecule has 3 heterocycles. The van der Waals surface area contributed by atoms with Crippen LogP contribution in [0.25, 0.3) is 0 Å². The number of aryl methyl sites for hydroxylation is 1. The number of hydrogen-bond donors (Lipinski definition) is 0. The first kappa shape index (κ1) is 16.0. The number of hydrogen-bond acceptors (Lipinski definition) is 4. The molecular weight excluding hydrogens is 298 g/mol. The van der Waals surface area contributed by atoms with Crippen LogP contribution in [0.2, 0.25) is 0 Å². The summed E-state index contributed by atoms with van der Waals surface area (Å²) in [6, 6.07) is 3.97. The van der Waals surface area contributed by atoms with Crippen molar-refractivity contribution in [2.24, 2.45) is 5.41 Å². The highest BCUT2D eigenvalue weighted by molar-refractivity contribution is 7.13. The lowest BCUT2D eigenvalue weighted by atomic mass is 9.76. The van der Waals surface area contributed by atoms with Gasteiger partial charge in [0.25, 0.3) is 5.91 Å². The number of carbonyl (C=O) groups is 1. The van der Waals surface area contributed by atoms with Crippen molar-refractivity contribution in [3.05, 3.63) is 21.9 Å². The van der Waals surface area contributed by atoms with Crippen LogP contribution in [0.1, 0.15) is 40.7 Å². The lowest BCUT2D eigenvalue weighted by molar-refractivity contribution is 0.0160. The average molecular weight is 323 g/mol. The van der Waals surface area contributed by atoms with Crippen molar-refractivity contribution in [1.29, 1.82) is 0 Å². The van der Waals surface area contributed by atoms with Crippen molar-refractivity contribution in [2.75, 3.05) is 32.9 Å². The van der Waals surface area contributed by atoms with E-state index in [1.807, 2.05) is 30.9 Å². The molecular formula is C17H25NO3S. The highest BCUT2D eigenvalue weighted by Crippen LogP contribution is 2.42. The standard InChI is InChI=1S/C17H25NO3S/c1-3-20-11-14-10-17(12-21-14)6-8-18(9-7-17)16(19)15-5-4-13(2)22-15/h4-5,14H,3,6-12H2,1-2H3. The van der Waals surface area contributed by atoms with Gasteiger partial charge < -0.3 is 14.4 Å². The summed E-state index contributed by atoms with van der Waals surface area (Å²) in [5.41, 5.74) is 0.268. The quantitative estimate of drug-likeness (QED) is 0.854. The normalized spacial score (nSPS) is 24.1. The van der Waals surface area contributed by atoms with Crippen LogP contribution >= 0.6 is 11.3 Å². The van der Waals surface area contributed by atoms with Gasteiger partial charge in [0, 0.05) is 24.6 Å². The molecule has 122 valence electrons. The van der Waals surface area contributed by atoms with Crippen LogP contribution in [-0.4, -0.2) is 49.8 Å². The summed E-state index contributed by atoms with van der Waals surface area (Å²) in [5.74, 6) is 0.192. The van der Waals surface area contributed by atoms with Gasteiger partial charge in [-0.1, -0.05) is 0 Å². The molecule has 2 saturated heterocycles. The number of likely N-dealkylation sites (tertiary alicyclic amines) is 1. The van der Waals surface area contributed by atoms with E-state index in [-0.39, 0.29) is 17.4 Å². The Morgan fingerprint density at radius 3 is 2.86 bits per heavy atom. The van der Waals surface area contributed by atoms with Gasteiger partial charge in [0.05, 0.1) is 24.2 Å². The zero-order valence-corrected chi connectivity index (χ0v) is 14.3. The zero-order chi connectivity index (χ0) is 15.6. The zero-order valence-electron chi connectivity index (χ0n) is 13.5. The second-order valence-corrected chi connectivity index (χ2v) is 7.79. The molecule has 1 amide bonds. The lowest BCUT2D eigenvalue weighted by Gasteiger charge is -2.38. The molecule has 2 aliphatic rings. The fourth-order valence-electron chi connectivity index (χ4n) is 3.49. The van der Waals surface area contributed by atoms with Gasteiger partial charge in [0.15, 0.2) is 0 Å². The van der Waals surface area contributed by atoms with Crippen LogP contribution in [0.3, 0.4) is 0 Å². The molecule has 0 bridgehead atoms. The topological polar surface area (TPSA) is 38.8 Å². The minimum absolute atomic E-state index is 0.192. The number of nitrogens with zero attached hydrogens (tertiary/aromatic N) is 1. The summed E-state index contributed by atoms with van der Waals surface area (Å²) in [6.45, 7) is 8.03. The van der Waals surface area contributed by atoms with Crippen molar-refractivity contribution in [3.63, 3.8) is 0 Å². The summed E-state index contributed by atoms with van der Waals surface area (Å²) in [4.78, 5) is 16.6. The van der Waals surface area contributed by atoms with E-state index in [9.17, 15) is 4.79 Å². The van der Waals surface area contributed by atoms with Crippen LogP contribution < -0.4 is 0 Å². The second kappa shape index (κ2) is 6.69. The van der Waals surface area contributed by atoms with Crippen LogP contribution in [-0.2, 0) is 9.47 Å². The molecule has 5 heteroatoms. The third-order valence-corrected chi connectivity index (χ3v) is 5.84. The maximum Gasteiger partial charge on any atom is 0.263 e. The van der Waals surface area contributed by atoms with Crippen molar-refractivity contribution in [3.8, 4) is 0 Å². The van der Waals surface area contributed by atoms with Gasteiger partial charge in [-0.3, -0.25) is 4.79 Å². The SMILES string of the molecule is CCOCC1CC2(CCN(C(=O)c3ccc(C)s3)CC2)CO1. The fraction of sp³-hybridized carbons (Fsp3) is 0.706. The Bertz CT molecular complexity index is 520. The average Bonchev–Trinajstić information content (AvgIpc) is 3.12. The monoisotopic (exact) mass is 323 g/mol. The molecule has 0 N–H and O–H groups in total. The van der Waals surface area contributed by atoms with Crippen molar-refractivity contribution in [2.45, 2.75) is 39.2 Å². The molecule has 0 saturated carbocycles. The number of piperidine rings is 1. The maximum absolute atomic E-state index is 12.5. The third kappa shape index (κ3) is 3.36. The minimum atomic E-state index is 0.192. The van der Waals surface area contributed by atoms with E-state index in [1.54, 1.807) is 11.3 Å². The molecule has 3 rings (SSSR count). The molecule has 2 aliphatic heterocycles. The van der Waals surface area contributed by atoms with E-state index in [2.05, 4.69) is 0 Å². The Kier molecular flexibility index (Phi) is 4.85. The third-order valence-electron chi connectivity index (χ3n) is 4.86. The first-order chi connectivity index (χ1) is 10.6. The summed E-state index contributed by atoms with van der Waals surface area (Å²) in [7, 11) is 0. The highest BCUT2D eigenvalue weighted by Gasteiger charge is 2.43. The van der Waals surface area contributed by atoms with E-state index in [1.165, 1.54) is 4.88 Å². The second-order valence-electron chi connectivity index (χ2n) is 6.50. The van der Waals surface area contributed by atoms with Crippen molar-refractivity contribution < 1.29 is 14.3 Å². The predicted octanol–water partition coefficient (Wildman–Crippen LogP) is 3.10. The van der Waals surface area contributed by atoms with Crippen molar-refractivity contribution >= 4 is 17.2 Å². The van der Waals surface area contributed by atoms with E-state index in [0.29, 0.717) is 6.61 Å². The van der Waals surface area contributed by atoms with Gasteiger partial charge in [-0.2, -0.15) is 0 Å². The molecule has 2 fully saturated rings. The smallest absolute Gasteiger partial charge is 0.263 e. The molecule has 0 aliphatic carbocycles. The molecule has 4 nitrogen and oxygen atoms in total. The van der Waals surface area contributed by atoms with Crippen molar-refractivity contribution in [1.82, 2.24) is 4.90 Å². The summed E-state index contributed by atoms with van der Waals surface area (Å²) >= 11 is 1.59. The molecule has 1 aromatic rings. The first-order valence-corrected chi connectivity index (χ1v) is 8.99. The van der Waals surface area contributed by atoms with Crippen LogP contribution in [0.5, 0.6) is 0 Å². The Morgan fingerprint density at radius 2 is 2.23 bits per heavy atom. The minimum Gasteiger partial charge on any atom is -0.379 e. The summed E-state index contributed by atoms with van der Waals surface area (Å²) in [6.07, 6.45) is 3.41. The molecule has 1 atom stereocenters.